The summed E-state index contributed by atoms with van der Waals surface area (Å²) in [6, 6.07) is 29.0. The van der Waals surface area contributed by atoms with Gasteiger partial charge >= 0.3 is 0 Å². The van der Waals surface area contributed by atoms with Gasteiger partial charge in [-0.3, -0.25) is 13.9 Å². The van der Waals surface area contributed by atoms with Crippen LogP contribution in [0.4, 0.5) is 5.69 Å². The number of para-hydroxylation sites is 2. The van der Waals surface area contributed by atoms with Gasteiger partial charge < -0.3 is 15.0 Å². The van der Waals surface area contributed by atoms with Crippen LogP contribution in [-0.4, -0.2) is 50.4 Å². The minimum Gasteiger partial charge on any atom is -0.492 e. The predicted molar refractivity (Wildman–Crippen MR) is 190 cm³/mol. The Morgan fingerprint density at radius 3 is 2.19 bits per heavy atom. The van der Waals surface area contributed by atoms with E-state index >= 15 is 0 Å². The van der Waals surface area contributed by atoms with Crippen molar-refractivity contribution in [3.05, 3.63) is 125 Å². The second kappa shape index (κ2) is 16.2. The molecule has 4 aromatic rings. The Kier molecular flexibility index (Phi) is 11.8. The summed E-state index contributed by atoms with van der Waals surface area (Å²) < 4.78 is 35.6. The number of nitrogens with zero attached hydrogens (tertiary/aromatic N) is 2. The maximum Gasteiger partial charge on any atom is 0.264 e. The smallest absolute Gasteiger partial charge is 0.264 e. The van der Waals surface area contributed by atoms with E-state index in [-0.39, 0.29) is 35.5 Å². The average molecular weight is 688 g/mol. The number of carbonyl (C=O) groups excluding carboxylic acids is 2. The highest BCUT2D eigenvalue weighted by molar-refractivity contribution is 7.92. The molecule has 0 bridgehead atoms. The van der Waals surface area contributed by atoms with Gasteiger partial charge in [0.05, 0.1) is 17.2 Å². The van der Waals surface area contributed by atoms with Crippen LogP contribution in [-0.2, 0) is 32.6 Å². The molecule has 0 unspecified atom stereocenters. The Morgan fingerprint density at radius 1 is 0.875 bits per heavy atom. The second-order valence-corrected chi connectivity index (χ2v) is 14.4. The normalized spacial score (nSPS) is 13.9. The van der Waals surface area contributed by atoms with Gasteiger partial charge in [0.25, 0.3) is 10.0 Å². The molecule has 0 aliphatic heterocycles. The van der Waals surface area contributed by atoms with E-state index in [0.29, 0.717) is 17.4 Å². The molecule has 1 atom stereocenters. The standard InChI is InChI=1S/C38H42ClN3O5S/c1-3-47-36-16-10-9-15-34(36)42(48(45,46)33-23-21-31(39)22-24-33)27-37(43)41(26-30-19-17-28(2)18-20-30)35(25-29-11-5-4-6-12-29)38(44)40-32-13-7-8-14-32/h4-6,9-12,15-24,32,35H,3,7-8,13-14,25-27H2,1-2H3,(H,40,44)/t35-/m0/s1. The van der Waals surface area contributed by atoms with Crippen LogP contribution in [0.2, 0.25) is 5.02 Å². The molecule has 0 spiro atoms. The molecule has 1 saturated carbocycles. The molecule has 48 heavy (non-hydrogen) atoms. The highest BCUT2D eigenvalue weighted by atomic mass is 35.5. The van der Waals surface area contributed by atoms with Crippen LogP contribution < -0.4 is 14.4 Å². The Labute approximate surface area is 288 Å². The fraction of sp³-hybridized carbons (Fsp3) is 0.316. The van der Waals surface area contributed by atoms with Crippen LogP contribution in [0.3, 0.4) is 0 Å². The number of amides is 2. The van der Waals surface area contributed by atoms with Crippen LogP contribution in [0.5, 0.6) is 5.75 Å². The number of nitrogens with one attached hydrogen (secondary N) is 1. The van der Waals surface area contributed by atoms with Crippen LogP contribution in [0.1, 0.15) is 49.3 Å². The third-order valence-corrected chi connectivity index (χ3v) is 10.6. The van der Waals surface area contributed by atoms with E-state index in [4.69, 9.17) is 16.3 Å². The lowest BCUT2D eigenvalue weighted by atomic mass is 10.0. The monoisotopic (exact) mass is 687 g/mol. The van der Waals surface area contributed by atoms with Crippen molar-refractivity contribution in [3.63, 3.8) is 0 Å². The van der Waals surface area contributed by atoms with Crippen LogP contribution >= 0.6 is 11.6 Å². The fourth-order valence-electron chi connectivity index (χ4n) is 6.00. The highest BCUT2D eigenvalue weighted by Crippen LogP contribution is 2.33. The molecule has 1 aliphatic rings. The van der Waals surface area contributed by atoms with E-state index in [1.165, 1.54) is 29.2 Å². The summed E-state index contributed by atoms with van der Waals surface area (Å²) in [5.41, 5.74) is 2.98. The van der Waals surface area contributed by atoms with Gasteiger partial charge in [0.15, 0.2) is 0 Å². The van der Waals surface area contributed by atoms with Crippen molar-refractivity contribution in [2.45, 2.75) is 69.5 Å². The fourth-order valence-corrected chi connectivity index (χ4v) is 7.55. The summed E-state index contributed by atoms with van der Waals surface area (Å²) in [5, 5.41) is 3.59. The van der Waals surface area contributed by atoms with Gasteiger partial charge in [-0.2, -0.15) is 0 Å². The molecule has 10 heteroatoms. The zero-order valence-corrected chi connectivity index (χ0v) is 28.9. The number of anilines is 1. The largest absolute Gasteiger partial charge is 0.492 e. The number of aryl methyl sites for hydroxylation is 1. The van der Waals surface area contributed by atoms with Crippen LogP contribution in [0.15, 0.2) is 108 Å². The minimum absolute atomic E-state index is 0.0316. The maximum atomic E-state index is 14.8. The lowest BCUT2D eigenvalue weighted by molar-refractivity contribution is -0.140. The molecule has 252 valence electrons. The van der Waals surface area contributed by atoms with E-state index in [1.807, 2.05) is 61.5 Å². The summed E-state index contributed by atoms with van der Waals surface area (Å²) in [4.78, 5) is 30.4. The van der Waals surface area contributed by atoms with Gasteiger partial charge in [0.1, 0.15) is 18.3 Å². The van der Waals surface area contributed by atoms with Gasteiger partial charge in [0.2, 0.25) is 11.8 Å². The van der Waals surface area contributed by atoms with E-state index in [2.05, 4.69) is 5.32 Å². The molecule has 1 fully saturated rings. The van der Waals surface area contributed by atoms with Crippen molar-refractivity contribution >= 4 is 39.1 Å². The Morgan fingerprint density at radius 2 is 1.52 bits per heavy atom. The van der Waals surface area contributed by atoms with Gasteiger partial charge in [0, 0.05) is 24.0 Å². The number of ether oxygens (including phenoxy) is 1. The Bertz CT molecular complexity index is 1780. The summed E-state index contributed by atoms with van der Waals surface area (Å²) >= 11 is 6.10. The van der Waals surface area contributed by atoms with Crippen molar-refractivity contribution in [1.29, 1.82) is 0 Å². The van der Waals surface area contributed by atoms with Crippen molar-refractivity contribution in [1.82, 2.24) is 10.2 Å². The van der Waals surface area contributed by atoms with E-state index in [0.717, 1.165) is 46.7 Å². The number of hydrogen-bond acceptors (Lipinski definition) is 5. The van der Waals surface area contributed by atoms with Gasteiger partial charge in [-0.05, 0) is 74.2 Å². The van der Waals surface area contributed by atoms with Gasteiger partial charge in [-0.25, -0.2) is 8.42 Å². The molecule has 0 radical (unpaired) electrons. The molecule has 0 aromatic heterocycles. The predicted octanol–water partition coefficient (Wildman–Crippen LogP) is 6.94. The molecule has 1 aliphatic carbocycles. The zero-order chi connectivity index (χ0) is 34.1. The first kappa shape index (κ1) is 35.0. The van der Waals surface area contributed by atoms with Gasteiger partial charge in [-0.15, -0.1) is 0 Å². The van der Waals surface area contributed by atoms with E-state index < -0.39 is 28.5 Å². The van der Waals surface area contributed by atoms with Gasteiger partial charge in [-0.1, -0.05) is 96.7 Å². The molecular formula is C38H42ClN3O5S. The molecule has 5 rings (SSSR count). The lowest BCUT2D eigenvalue weighted by Gasteiger charge is -2.34. The molecule has 0 saturated heterocycles. The molecule has 4 aromatic carbocycles. The quantitative estimate of drug-likeness (QED) is 0.155. The zero-order valence-electron chi connectivity index (χ0n) is 27.3. The number of halogens is 1. The van der Waals surface area contributed by atoms with E-state index in [1.54, 1.807) is 31.2 Å². The topological polar surface area (TPSA) is 96.0 Å². The van der Waals surface area contributed by atoms with Crippen LogP contribution in [0.25, 0.3) is 0 Å². The van der Waals surface area contributed by atoms with Crippen molar-refractivity contribution in [2.75, 3.05) is 17.5 Å². The maximum absolute atomic E-state index is 14.8. The molecule has 0 heterocycles. The molecule has 8 nitrogen and oxygen atoms in total. The molecule has 1 N–H and O–H groups in total. The first-order chi connectivity index (χ1) is 23.2. The summed E-state index contributed by atoms with van der Waals surface area (Å²) in [7, 11) is -4.30. The Balaban J connectivity index is 1.59. The van der Waals surface area contributed by atoms with Crippen molar-refractivity contribution in [3.8, 4) is 5.75 Å². The third kappa shape index (κ3) is 8.76. The third-order valence-electron chi connectivity index (χ3n) is 8.56. The molecule has 2 amide bonds. The van der Waals surface area contributed by atoms with Crippen molar-refractivity contribution in [2.24, 2.45) is 0 Å². The van der Waals surface area contributed by atoms with Crippen LogP contribution in [0, 0.1) is 6.92 Å². The van der Waals surface area contributed by atoms with E-state index in [9.17, 15) is 18.0 Å². The first-order valence-electron chi connectivity index (χ1n) is 16.3. The first-order valence-corrected chi connectivity index (χ1v) is 18.2. The number of benzene rings is 4. The van der Waals surface area contributed by atoms with Crippen molar-refractivity contribution < 1.29 is 22.7 Å². The minimum atomic E-state index is -4.30. The summed E-state index contributed by atoms with van der Waals surface area (Å²) in [5.74, 6) is -0.467. The molecular weight excluding hydrogens is 646 g/mol. The lowest BCUT2D eigenvalue weighted by Crippen LogP contribution is -2.54. The number of rotatable bonds is 14. The number of hydrogen-bond donors (Lipinski definition) is 1. The Hall–Kier alpha value is -4.34. The SMILES string of the molecule is CCOc1ccccc1N(CC(=O)N(Cc1ccc(C)cc1)[C@@H](Cc1ccccc1)C(=O)NC1CCCC1)S(=O)(=O)c1ccc(Cl)cc1. The summed E-state index contributed by atoms with van der Waals surface area (Å²) in [6.07, 6.45) is 4.11. The summed E-state index contributed by atoms with van der Waals surface area (Å²) in [6.45, 7) is 3.62. The average Bonchev–Trinajstić information content (AvgIpc) is 3.60. The number of carbonyl (C=O) groups is 2. The second-order valence-electron chi connectivity index (χ2n) is 12.1. The number of sulfonamides is 1. The highest BCUT2D eigenvalue weighted by Gasteiger charge is 2.36.